The zero-order chi connectivity index (χ0) is 13.7. The van der Waals surface area contributed by atoms with E-state index in [4.69, 9.17) is 5.11 Å². The summed E-state index contributed by atoms with van der Waals surface area (Å²) < 4.78 is 0. The Morgan fingerprint density at radius 3 is 2.42 bits per heavy atom. The summed E-state index contributed by atoms with van der Waals surface area (Å²) in [5, 5.41) is 18.0. The van der Waals surface area contributed by atoms with Crippen LogP contribution in [0.3, 0.4) is 0 Å². The molecule has 2 rings (SSSR count). The number of rotatable bonds is 5. The molecule has 0 aliphatic rings. The van der Waals surface area contributed by atoms with Gasteiger partial charge in [-0.3, -0.25) is 4.79 Å². The van der Waals surface area contributed by atoms with Gasteiger partial charge in [0.15, 0.2) is 0 Å². The molecule has 0 aromatic heterocycles. The highest BCUT2D eigenvalue weighted by Crippen LogP contribution is 2.29. The van der Waals surface area contributed by atoms with Crippen molar-refractivity contribution in [2.45, 2.75) is 22.6 Å². The molecule has 0 saturated carbocycles. The third-order valence-corrected chi connectivity index (χ3v) is 3.60. The number of aryl methyl sites for hydroxylation is 1. The number of carboxylic acids is 1. The van der Waals surface area contributed by atoms with Crippen molar-refractivity contribution in [3.63, 3.8) is 0 Å². The molecule has 19 heavy (non-hydrogen) atoms. The SMILES string of the molecule is O=C(O)CCc1ccc(Sc2cccc(O)c2)cc1. The van der Waals surface area contributed by atoms with Crippen LogP contribution in [0, 0.1) is 0 Å². The number of carboxylic acid groups (broad SMARTS) is 1. The van der Waals surface area contributed by atoms with Gasteiger partial charge < -0.3 is 10.2 Å². The van der Waals surface area contributed by atoms with E-state index in [1.165, 1.54) is 0 Å². The average Bonchev–Trinajstić information content (AvgIpc) is 2.38. The first-order valence-electron chi connectivity index (χ1n) is 5.91. The lowest BCUT2D eigenvalue weighted by molar-refractivity contribution is -0.136. The van der Waals surface area contributed by atoms with Gasteiger partial charge in [-0.05, 0) is 42.3 Å². The number of aromatic hydroxyl groups is 1. The summed E-state index contributed by atoms with van der Waals surface area (Å²) in [5.74, 6) is -0.527. The summed E-state index contributed by atoms with van der Waals surface area (Å²) >= 11 is 1.56. The van der Waals surface area contributed by atoms with E-state index in [1.54, 1.807) is 30.0 Å². The summed E-state index contributed by atoms with van der Waals surface area (Å²) in [4.78, 5) is 12.5. The molecule has 2 N–H and O–H groups in total. The number of benzene rings is 2. The van der Waals surface area contributed by atoms with Gasteiger partial charge in [0, 0.05) is 16.2 Å². The van der Waals surface area contributed by atoms with E-state index in [1.807, 2.05) is 30.3 Å². The second-order valence-electron chi connectivity index (χ2n) is 4.14. The van der Waals surface area contributed by atoms with E-state index < -0.39 is 5.97 Å². The van der Waals surface area contributed by atoms with Crippen molar-refractivity contribution in [1.82, 2.24) is 0 Å². The fourth-order valence-corrected chi connectivity index (χ4v) is 2.53. The quantitative estimate of drug-likeness (QED) is 0.875. The van der Waals surface area contributed by atoms with E-state index in [0.29, 0.717) is 6.42 Å². The maximum absolute atomic E-state index is 10.5. The van der Waals surface area contributed by atoms with Crippen LogP contribution in [0.4, 0.5) is 0 Å². The van der Waals surface area contributed by atoms with Gasteiger partial charge in [-0.1, -0.05) is 30.0 Å². The molecule has 0 unspecified atom stereocenters. The zero-order valence-corrected chi connectivity index (χ0v) is 11.1. The Kier molecular flexibility index (Phi) is 4.47. The summed E-state index contributed by atoms with van der Waals surface area (Å²) in [7, 11) is 0. The predicted octanol–water partition coefficient (Wildman–Crippen LogP) is 3.56. The van der Waals surface area contributed by atoms with E-state index in [2.05, 4.69) is 0 Å². The first-order valence-corrected chi connectivity index (χ1v) is 6.73. The van der Waals surface area contributed by atoms with Gasteiger partial charge in [-0.25, -0.2) is 0 Å². The molecule has 2 aromatic carbocycles. The highest BCUT2D eigenvalue weighted by molar-refractivity contribution is 7.99. The molecule has 0 radical (unpaired) electrons. The molecular formula is C15H14O3S. The van der Waals surface area contributed by atoms with Gasteiger partial charge in [0.25, 0.3) is 0 Å². The van der Waals surface area contributed by atoms with Crippen molar-refractivity contribution in [2.24, 2.45) is 0 Å². The van der Waals surface area contributed by atoms with E-state index in [9.17, 15) is 9.90 Å². The van der Waals surface area contributed by atoms with Crippen LogP contribution in [0.2, 0.25) is 0 Å². The molecule has 0 aliphatic heterocycles. The Bertz CT molecular complexity index is 564. The van der Waals surface area contributed by atoms with Crippen LogP contribution in [0.5, 0.6) is 5.75 Å². The Morgan fingerprint density at radius 1 is 1.05 bits per heavy atom. The number of phenolic OH excluding ortho intramolecular Hbond substituents is 1. The Labute approximate surface area is 115 Å². The van der Waals surface area contributed by atoms with Crippen molar-refractivity contribution in [2.75, 3.05) is 0 Å². The van der Waals surface area contributed by atoms with Crippen molar-refractivity contribution >= 4 is 17.7 Å². The summed E-state index contributed by atoms with van der Waals surface area (Å²) in [5.41, 5.74) is 1.02. The third kappa shape index (κ3) is 4.34. The molecule has 0 bridgehead atoms. The fourth-order valence-electron chi connectivity index (χ4n) is 1.66. The highest BCUT2D eigenvalue weighted by atomic mass is 32.2. The van der Waals surface area contributed by atoms with Crippen molar-refractivity contribution < 1.29 is 15.0 Å². The van der Waals surface area contributed by atoms with Crippen LogP contribution in [0.15, 0.2) is 58.3 Å². The van der Waals surface area contributed by atoms with E-state index in [-0.39, 0.29) is 12.2 Å². The summed E-state index contributed by atoms with van der Waals surface area (Å²) in [6.07, 6.45) is 0.700. The Balaban J connectivity index is 2.00. The first-order chi connectivity index (χ1) is 9.13. The lowest BCUT2D eigenvalue weighted by Gasteiger charge is -2.04. The fraction of sp³-hybridized carbons (Fsp3) is 0.133. The van der Waals surface area contributed by atoms with Crippen LogP contribution in [-0.2, 0) is 11.2 Å². The normalized spacial score (nSPS) is 10.3. The maximum Gasteiger partial charge on any atom is 0.303 e. The van der Waals surface area contributed by atoms with Crippen LogP contribution in [-0.4, -0.2) is 16.2 Å². The van der Waals surface area contributed by atoms with Gasteiger partial charge in [-0.2, -0.15) is 0 Å². The Morgan fingerprint density at radius 2 is 1.79 bits per heavy atom. The average molecular weight is 274 g/mol. The van der Waals surface area contributed by atoms with E-state index >= 15 is 0 Å². The maximum atomic E-state index is 10.5. The molecule has 98 valence electrons. The third-order valence-electron chi connectivity index (χ3n) is 2.60. The number of hydrogen-bond donors (Lipinski definition) is 2. The Hall–Kier alpha value is -1.94. The standard InChI is InChI=1S/C15H14O3S/c16-12-2-1-3-14(10-12)19-13-7-4-11(5-8-13)6-9-15(17)18/h1-5,7-8,10,16H,6,9H2,(H,17,18). The second kappa shape index (κ2) is 6.29. The number of hydrogen-bond acceptors (Lipinski definition) is 3. The molecule has 0 aliphatic carbocycles. The van der Waals surface area contributed by atoms with Crippen molar-refractivity contribution in [3.8, 4) is 5.75 Å². The zero-order valence-electron chi connectivity index (χ0n) is 10.2. The van der Waals surface area contributed by atoms with Crippen LogP contribution in [0.1, 0.15) is 12.0 Å². The van der Waals surface area contributed by atoms with Crippen LogP contribution in [0.25, 0.3) is 0 Å². The van der Waals surface area contributed by atoms with E-state index in [0.717, 1.165) is 15.4 Å². The molecule has 0 fully saturated rings. The summed E-state index contributed by atoms with van der Waals surface area (Å²) in [6.45, 7) is 0. The molecule has 3 nitrogen and oxygen atoms in total. The molecule has 4 heteroatoms. The minimum absolute atomic E-state index is 0.152. The molecule has 0 saturated heterocycles. The predicted molar refractivity (Wildman–Crippen MR) is 74.6 cm³/mol. The largest absolute Gasteiger partial charge is 0.508 e. The lowest BCUT2D eigenvalue weighted by atomic mass is 10.1. The van der Waals surface area contributed by atoms with Gasteiger partial charge in [0.2, 0.25) is 0 Å². The number of phenols is 1. The highest BCUT2D eigenvalue weighted by Gasteiger charge is 2.01. The summed E-state index contributed by atoms with van der Waals surface area (Å²) in [6, 6.07) is 14.9. The smallest absolute Gasteiger partial charge is 0.303 e. The number of carbonyl (C=O) groups is 1. The minimum atomic E-state index is -0.779. The molecular weight excluding hydrogens is 260 g/mol. The second-order valence-corrected chi connectivity index (χ2v) is 5.28. The number of aliphatic carboxylic acids is 1. The molecule has 0 amide bonds. The molecule has 2 aromatic rings. The van der Waals surface area contributed by atoms with Gasteiger partial charge in [0.05, 0.1) is 0 Å². The minimum Gasteiger partial charge on any atom is -0.508 e. The van der Waals surface area contributed by atoms with Crippen molar-refractivity contribution in [1.29, 1.82) is 0 Å². The van der Waals surface area contributed by atoms with Crippen LogP contribution >= 0.6 is 11.8 Å². The van der Waals surface area contributed by atoms with Crippen LogP contribution < -0.4 is 0 Å². The molecule has 0 spiro atoms. The topological polar surface area (TPSA) is 57.5 Å². The van der Waals surface area contributed by atoms with Crippen molar-refractivity contribution in [3.05, 3.63) is 54.1 Å². The monoisotopic (exact) mass is 274 g/mol. The first kappa shape index (κ1) is 13.5. The molecule has 0 atom stereocenters. The van der Waals surface area contributed by atoms with Gasteiger partial charge in [-0.15, -0.1) is 0 Å². The molecule has 0 heterocycles. The van der Waals surface area contributed by atoms with Gasteiger partial charge in [0.1, 0.15) is 5.75 Å². The van der Waals surface area contributed by atoms with Gasteiger partial charge >= 0.3 is 5.97 Å². The lowest BCUT2D eigenvalue weighted by Crippen LogP contribution is -1.97.